The predicted octanol–water partition coefficient (Wildman–Crippen LogP) is -0.296. The van der Waals surface area contributed by atoms with E-state index >= 15 is 0 Å². The summed E-state index contributed by atoms with van der Waals surface area (Å²) in [6, 6.07) is -0.0506. The van der Waals surface area contributed by atoms with E-state index < -0.39 is 0 Å². The van der Waals surface area contributed by atoms with Gasteiger partial charge in [-0.05, 0) is 14.0 Å². The summed E-state index contributed by atoms with van der Waals surface area (Å²) in [6.07, 6.45) is 4.27. The lowest BCUT2D eigenvalue weighted by molar-refractivity contribution is -0.126. The van der Waals surface area contributed by atoms with Crippen molar-refractivity contribution in [2.24, 2.45) is 0 Å². The summed E-state index contributed by atoms with van der Waals surface area (Å²) >= 11 is 0. The van der Waals surface area contributed by atoms with Crippen LogP contribution in [0, 0.1) is 0 Å². The van der Waals surface area contributed by atoms with Gasteiger partial charge in [-0.1, -0.05) is 0 Å². The van der Waals surface area contributed by atoms with Gasteiger partial charge in [0.25, 0.3) is 0 Å². The van der Waals surface area contributed by atoms with Gasteiger partial charge in [0.15, 0.2) is 0 Å². The first-order valence-electron chi connectivity index (χ1n) is 6.85. The van der Waals surface area contributed by atoms with Crippen LogP contribution < -0.4 is 5.32 Å². The van der Waals surface area contributed by atoms with Gasteiger partial charge < -0.3 is 15.2 Å². The molecule has 1 fully saturated rings. The number of amides is 1. The summed E-state index contributed by atoms with van der Waals surface area (Å²) in [5, 5.41) is 2.98. The molecule has 0 saturated carbocycles. The molecule has 0 spiro atoms. The fourth-order valence-corrected chi connectivity index (χ4v) is 2.26. The van der Waals surface area contributed by atoms with Crippen molar-refractivity contribution in [3.05, 3.63) is 18.2 Å². The average molecular weight is 265 g/mol. The number of piperazine rings is 1. The first-order chi connectivity index (χ1) is 9.16. The second kappa shape index (κ2) is 6.68. The molecule has 1 aromatic rings. The molecular weight excluding hydrogens is 242 g/mol. The van der Waals surface area contributed by atoms with Gasteiger partial charge in [-0.2, -0.15) is 0 Å². The van der Waals surface area contributed by atoms with Crippen LogP contribution in [0.25, 0.3) is 0 Å². The minimum absolute atomic E-state index is 0.0506. The zero-order chi connectivity index (χ0) is 13.7. The van der Waals surface area contributed by atoms with Crippen molar-refractivity contribution < 1.29 is 4.79 Å². The Bertz CT molecular complexity index is 384. The van der Waals surface area contributed by atoms with Crippen LogP contribution in [0.3, 0.4) is 0 Å². The number of imidazole rings is 1. The number of nitrogens with zero attached hydrogens (tertiary/aromatic N) is 3. The van der Waals surface area contributed by atoms with Gasteiger partial charge in [-0.25, -0.2) is 4.98 Å². The van der Waals surface area contributed by atoms with Crippen LogP contribution in [0.2, 0.25) is 0 Å². The Labute approximate surface area is 114 Å². The Morgan fingerprint density at radius 1 is 1.47 bits per heavy atom. The Morgan fingerprint density at radius 2 is 2.21 bits per heavy atom. The third-order valence-electron chi connectivity index (χ3n) is 3.68. The van der Waals surface area contributed by atoms with Gasteiger partial charge >= 0.3 is 0 Å². The smallest absolute Gasteiger partial charge is 0.237 e. The van der Waals surface area contributed by atoms with Gasteiger partial charge in [0.05, 0.1) is 6.04 Å². The van der Waals surface area contributed by atoms with Crippen molar-refractivity contribution in [1.82, 2.24) is 25.1 Å². The molecule has 0 aromatic carbocycles. The molecule has 1 atom stereocenters. The summed E-state index contributed by atoms with van der Waals surface area (Å²) in [4.78, 5) is 23.7. The van der Waals surface area contributed by atoms with E-state index in [4.69, 9.17) is 0 Å². The minimum Gasteiger partial charge on any atom is -0.354 e. The zero-order valence-corrected chi connectivity index (χ0v) is 11.7. The van der Waals surface area contributed by atoms with Gasteiger partial charge in [0, 0.05) is 51.5 Å². The highest BCUT2D eigenvalue weighted by Gasteiger charge is 2.23. The van der Waals surface area contributed by atoms with Gasteiger partial charge in [-0.3, -0.25) is 9.69 Å². The molecule has 6 heteroatoms. The van der Waals surface area contributed by atoms with Crippen LogP contribution in [0.1, 0.15) is 12.7 Å². The molecule has 1 saturated heterocycles. The lowest BCUT2D eigenvalue weighted by Crippen LogP contribution is -2.53. The summed E-state index contributed by atoms with van der Waals surface area (Å²) in [7, 11) is 2.12. The van der Waals surface area contributed by atoms with Crippen LogP contribution in [-0.2, 0) is 11.2 Å². The highest BCUT2D eigenvalue weighted by molar-refractivity contribution is 5.81. The molecule has 0 radical (unpaired) electrons. The topological polar surface area (TPSA) is 64.3 Å². The minimum atomic E-state index is -0.0506. The van der Waals surface area contributed by atoms with E-state index in [9.17, 15) is 4.79 Å². The molecule has 1 unspecified atom stereocenters. The summed E-state index contributed by atoms with van der Waals surface area (Å²) in [5.41, 5.74) is 0. The fraction of sp³-hybridized carbons (Fsp3) is 0.692. The van der Waals surface area contributed by atoms with Gasteiger partial charge in [0.2, 0.25) is 5.91 Å². The number of likely N-dealkylation sites (N-methyl/N-ethyl adjacent to an activating group) is 1. The van der Waals surface area contributed by atoms with Crippen LogP contribution in [-0.4, -0.2) is 71.5 Å². The van der Waals surface area contributed by atoms with E-state index in [1.807, 2.05) is 6.92 Å². The Morgan fingerprint density at radius 3 is 2.84 bits per heavy atom. The van der Waals surface area contributed by atoms with Crippen LogP contribution in [0.15, 0.2) is 12.4 Å². The first kappa shape index (κ1) is 14.0. The largest absolute Gasteiger partial charge is 0.354 e. The molecule has 19 heavy (non-hydrogen) atoms. The standard InChI is InChI=1S/C13H23N5O/c1-11(18-9-7-17(2)8-10-18)13(19)16-4-3-12-14-5-6-15-12/h5-6,11H,3-4,7-10H2,1-2H3,(H,14,15)(H,16,19). The highest BCUT2D eigenvalue weighted by atomic mass is 16.2. The quantitative estimate of drug-likeness (QED) is 0.767. The Hall–Kier alpha value is -1.40. The number of aromatic amines is 1. The van der Waals surface area contributed by atoms with Crippen LogP contribution in [0.5, 0.6) is 0 Å². The maximum Gasteiger partial charge on any atom is 0.237 e. The Balaban J connectivity index is 1.70. The van der Waals surface area contributed by atoms with Crippen molar-refractivity contribution in [1.29, 1.82) is 0 Å². The normalized spacial score (nSPS) is 19.3. The fourth-order valence-electron chi connectivity index (χ4n) is 2.26. The summed E-state index contributed by atoms with van der Waals surface area (Å²) in [5.74, 6) is 1.02. The number of rotatable bonds is 5. The molecule has 2 rings (SSSR count). The molecule has 2 heterocycles. The maximum absolute atomic E-state index is 12.1. The number of nitrogens with one attached hydrogen (secondary N) is 2. The van der Waals surface area contributed by atoms with Crippen LogP contribution in [0.4, 0.5) is 0 Å². The first-order valence-corrected chi connectivity index (χ1v) is 6.85. The summed E-state index contributed by atoms with van der Waals surface area (Å²) in [6.45, 7) is 6.60. The monoisotopic (exact) mass is 265 g/mol. The molecular formula is C13H23N5O. The molecule has 106 valence electrons. The second-order valence-corrected chi connectivity index (χ2v) is 5.09. The molecule has 1 aromatic heterocycles. The van der Waals surface area contributed by atoms with E-state index in [0.29, 0.717) is 6.54 Å². The number of hydrogen-bond acceptors (Lipinski definition) is 4. The lowest BCUT2D eigenvalue weighted by atomic mass is 10.2. The van der Waals surface area contributed by atoms with Crippen molar-refractivity contribution in [2.75, 3.05) is 39.8 Å². The lowest BCUT2D eigenvalue weighted by Gasteiger charge is -2.35. The molecule has 1 aliphatic heterocycles. The van der Waals surface area contributed by atoms with Crippen molar-refractivity contribution in [3.63, 3.8) is 0 Å². The van der Waals surface area contributed by atoms with Crippen LogP contribution >= 0.6 is 0 Å². The molecule has 0 aliphatic carbocycles. The van der Waals surface area contributed by atoms with Crippen molar-refractivity contribution in [2.45, 2.75) is 19.4 Å². The van der Waals surface area contributed by atoms with Gasteiger partial charge in [0.1, 0.15) is 5.82 Å². The van der Waals surface area contributed by atoms with Crippen molar-refractivity contribution >= 4 is 5.91 Å². The molecule has 6 nitrogen and oxygen atoms in total. The third kappa shape index (κ3) is 4.04. The number of hydrogen-bond donors (Lipinski definition) is 2. The number of carbonyl (C=O) groups is 1. The molecule has 2 N–H and O–H groups in total. The third-order valence-corrected chi connectivity index (χ3v) is 3.68. The van der Waals surface area contributed by atoms with E-state index in [1.165, 1.54) is 0 Å². The number of H-pyrrole nitrogens is 1. The highest BCUT2D eigenvalue weighted by Crippen LogP contribution is 2.04. The number of aromatic nitrogens is 2. The molecule has 1 aliphatic rings. The van der Waals surface area contributed by atoms with E-state index in [1.54, 1.807) is 12.4 Å². The second-order valence-electron chi connectivity index (χ2n) is 5.09. The van der Waals surface area contributed by atoms with E-state index in [-0.39, 0.29) is 11.9 Å². The SMILES string of the molecule is CC(C(=O)NCCc1ncc[nH]1)N1CCN(C)CC1. The maximum atomic E-state index is 12.1. The number of carbonyl (C=O) groups excluding carboxylic acids is 1. The van der Waals surface area contributed by atoms with Gasteiger partial charge in [-0.15, -0.1) is 0 Å². The zero-order valence-electron chi connectivity index (χ0n) is 11.7. The molecule has 1 amide bonds. The van der Waals surface area contributed by atoms with E-state index in [2.05, 4.69) is 32.1 Å². The summed E-state index contributed by atoms with van der Waals surface area (Å²) < 4.78 is 0. The predicted molar refractivity (Wildman–Crippen MR) is 73.8 cm³/mol. The van der Waals surface area contributed by atoms with E-state index in [0.717, 1.165) is 38.4 Å². The average Bonchev–Trinajstić information content (AvgIpc) is 2.92. The Kier molecular flexibility index (Phi) is 4.93. The molecule has 0 bridgehead atoms. The van der Waals surface area contributed by atoms with Crippen molar-refractivity contribution in [3.8, 4) is 0 Å².